The van der Waals surface area contributed by atoms with E-state index in [1.807, 2.05) is 48.7 Å². The highest BCUT2D eigenvalue weighted by Gasteiger charge is 2.12. The highest BCUT2D eigenvalue weighted by Crippen LogP contribution is 2.31. The maximum Gasteiger partial charge on any atom is 0.231 e. The first-order valence-electron chi connectivity index (χ1n) is 10.1. The van der Waals surface area contributed by atoms with E-state index in [-0.39, 0.29) is 12.3 Å². The van der Waals surface area contributed by atoms with Crippen molar-refractivity contribution in [2.45, 2.75) is 37.3 Å². The van der Waals surface area contributed by atoms with Gasteiger partial charge in [-0.1, -0.05) is 53.4 Å². The van der Waals surface area contributed by atoms with Gasteiger partial charge < -0.3 is 10.6 Å². The maximum absolute atomic E-state index is 12.3. The zero-order valence-electron chi connectivity index (χ0n) is 18.0. The van der Waals surface area contributed by atoms with Gasteiger partial charge in [0.2, 0.25) is 11.0 Å². The van der Waals surface area contributed by atoms with Crippen molar-refractivity contribution in [2.75, 3.05) is 10.6 Å². The van der Waals surface area contributed by atoms with Crippen LogP contribution < -0.4 is 10.6 Å². The Bertz CT molecular complexity index is 1230. The number of nitrogens with zero attached hydrogens (tertiary/aromatic N) is 3. The number of carbonyl (C=O) groups is 1. The second kappa shape index (κ2) is 10.2. The summed E-state index contributed by atoms with van der Waals surface area (Å²) in [6, 6.07) is 13.9. The molecule has 6 nitrogen and oxygen atoms in total. The Labute approximate surface area is 199 Å². The third kappa shape index (κ3) is 5.73. The summed E-state index contributed by atoms with van der Waals surface area (Å²) in [5.74, 6) is 0.632. The van der Waals surface area contributed by atoms with Crippen molar-refractivity contribution in [3.63, 3.8) is 0 Å². The summed E-state index contributed by atoms with van der Waals surface area (Å²) in [7, 11) is 0. The van der Waals surface area contributed by atoms with E-state index in [1.54, 1.807) is 11.8 Å². The molecule has 0 aliphatic carbocycles. The molecule has 0 atom stereocenters. The largest absolute Gasteiger partial charge is 0.330 e. The number of anilines is 3. The van der Waals surface area contributed by atoms with Crippen LogP contribution in [0.1, 0.15) is 27.4 Å². The average Bonchev–Trinajstić information content (AvgIpc) is 3.41. The number of thiazole rings is 1. The van der Waals surface area contributed by atoms with E-state index in [1.165, 1.54) is 33.8 Å². The molecule has 4 rings (SSSR count). The standard InChI is InChI=1S/C23H23N5OS3/c1-14-8-6-10-19(16(14)3)26-22-27-28-23(32-22)31-13-17-12-30-21(24-17)11-20(29)25-18-9-5-4-7-15(18)2/h4-10,12H,11,13H2,1-3H3,(H,25,29)(H,26,27). The lowest BCUT2D eigenvalue weighted by Crippen LogP contribution is -2.15. The number of para-hydroxylation sites is 1. The molecule has 1 amide bonds. The lowest BCUT2D eigenvalue weighted by molar-refractivity contribution is -0.115. The van der Waals surface area contributed by atoms with Crippen molar-refractivity contribution in [3.8, 4) is 0 Å². The Morgan fingerprint density at radius 2 is 1.78 bits per heavy atom. The van der Waals surface area contributed by atoms with E-state index >= 15 is 0 Å². The summed E-state index contributed by atoms with van der Waals surface area (Å²) < 4.78 is 0.879. The summed E-state index contributed by atoms with van der Waals surface area (Å²) in [5.41, 5.74) is 6.31. The van der Waals surface area contributed by atoms with Crippen molar-refractivity contribution >= 4 is 56.8 Å². The molecule has 2 aromatic carbocycles. The second-order valence-corrected chi connectivity index (χ2v) is 10.4. The van der Waals surface area contributed by atoms with Gasteiger partial charge in [0.15, 0.2) is 4.34 Å². The molecule has 0 aliphatic heterocycles. The molecule has 0 bridgehead atoms. The highest BCUT2D eigenvalue weighted by molar-refractivity contribution is 8.00. The lowest BCUT2D eigenvalue weighted by atomic mass is 10.1. The molecule has 0 aliphatic rings. The number of nitrogens with one attached hydrogen (secondary N) is 2. The third-order valence-corrected chi connectivity index (χ3v) is 7.83. The monoisotopic (exact) mass is 481 g/mol. The van der Waals surface area contributed by atoms with Crippen molar-refractivity contribution < 1.29 is 4.79 Å². The van der Waals surface area contributed by atoms with Crippen LogP contribution in [-0.2, 0) is 17.0 Å². The molecule has 4 aromatic rings. The number of hydrogen-bond acceptors (Lipinski definition) is 8. The first kappa shape index (κ1) is 22.4. The van der Waals surface area contributed by atoms with Crippen LogP contribution in [-0.4, -0.2) is 21.1 Å². The van der Waals surface area contributed by atoms with Gasteiger partial charge >= 0.3 is 0 Å². The van der Waals surface area contributed by atoms with Crippen LogP contribution in [0, 0.1) is 20.8 Å². The van der Waals surface area contributed by atoms with E-state index in [0.29, 0.717) is 5.75 Å². The van der Waals surface area contributed by atoms with Crippen molar-refractivity contribution in [2.24, 2.45) is 0 Å². The number of carbonyl (C=O) groups excluding carboxylic acids is 1. The number of benzene rings is 2. The fourth-order valence-electron chi connectivity index (χ4n) is 3.00. The van der Waals surface area contributed by atoms with Gasteiger partial charge in [-0.05, 0) is 49.6 Å². The van der Waals surface area contributed by atoms with Crippen LogP contribution in [0.5, 0.6) is 0 Å². The Hall–Kier alpha value is -2.75. The van der Waals surface area contributed by atoms with Crippen molar-refractivity contribution in [1.82, 2.24) is 15.2 Å². The number of thioether (sulfide) groups is 1. The molecule has 0 saturated carbocycles. The number of aromatic nitrogens is 3. The first-order chi connectivity index (χ1) is 15.5. The fourth-order valence-corrected chi connectivity index (χ4v) is 5.55. The normalized spacial score (nSPS) is 10.8. The van der Waals surface area contributed by atoms with E-state index in [0.717, 1.165) is 37.1 Å². The molecule has 0 saturated heterocycles. The van der Waals surface area contributed by atoms with Crippen LogP contribution in [0.15, 0.2) is 52.2 Å². The molecule has 0 spiro atoms. The number of aryl methyl sites for hydroxylation is 2. The average molecular weight is 482 g/mol. The molecule has 2 N–H and O–H groups in total. The first-order valence-corrected chi connectivity index (χ1v) is 12.7. The predicted octanol–water partition coefficient (Wildman–Crippen LogP) is 6.14. The van der Waals surface area contributed by atoms with E-state index in [2.05, 4.69) is 45.7 Å². The minimum Gasteiger partial charge on any atom is -0.330 e. The molecule has 2 aromatic heterocycles. The van der Waals surface area contributed by atoms with Crippen LogP contribution >= 0.6 is 34.4 Å². The summed E-state index contributed by atoms with van der Waals surface area (Å²) in [4.78, 5) is 17.0. The molecule has 9 heteroatoms. The van der Waals surface area contributed by atoms with Crippen LogP contribution in [0.25, 0.3) is 0 Å². The Balaban J connectivity index is 1.29. The van der Waals surface area contributed by atoms with Crippen molar-refractivity contribution in [1.29, 1.82) is 0 Å². The molecular weight excluding hydrogens is 458 g/mol. The number of hydrogen-bond donors (Lipinski definition) is 2. The van der Waals surface area contributed by atoms with Crippen LogP contribution in [0.4, 0.5) is 16.5 Å². The summed E-state index contributed by atoms with van der Waals surface area (Å²) in [6.07, 6.45) is 0.270. The fraction of sp³-hybridized carbons (Fsp3) is 0.217. The Morgan fingerprint density at radius 3 is 2.62 bits per heavy atom. The van der Waals surface area contributed by atoms with Crippen molar-refractivity contribution in [3.05, 3.63) is 75.2 Å². The highest BCUT2D eigenvalue weighted by atomic mass is 32.2. The molecule has 0 fully saturated rings. The maximum atomic E-state index is 12.3. The molecule has 164 valence electrons. The van der Waals surface area contributed by atoms with Gasteiger partial charge in [0, 0.05) is 22.5 Å². The quantitative estimate of drug-likeness (QED) is 0.294. The van der Waals surface area contributed by atoms with E-state index < -0.39 is 0 Å². The molecule has 32 heavy (non-hydrogen) atoms. The summed E-state index contributed by atoms with van der Waals surface area (Å²) in [6.45, 7) is 6.16. The Kier molecular flexibility index (Phi) is 7.19. The van der Waals surface area contributed by atoms with Gasteiger partial charge in [0.1, 0.15) is 5.01 Å². The minimum atomic E-state index is -0.0564. The van der Waals surface area contributed by atoms with Gasteiger partial charge in [-0.25, -0.2) is 4.98 Å². The van der Waals surface area contributed by atoms with Crippen LogP contribution in [0.3, 0.4) is 0 Å². The molecule has 0 radical (unpaired) electrons. The SMILES string of the molecule is Cc1ccccc1NC(=O)Cc1nc(CSc2nnc(Nc3cccc(C)c3C)s2)cs1. The van der Waals surface area contributed by atoms with Gasteiger partial charge in [-0.3, -0.25) is 4.79 Å². The predicted molar refractivity (Wildman–Crippen MR) is 134 cm³/mol. The number of amides is 1. The molecule has 0 unspecified atom stereocenters. The zero-order valence-corrected chi connectivity index (χ0v) is 20.5. The van der Waals surface area contributed by atoms with Gasteiger partial charge in [-0.2, -0.15) is 0 Å². The van der Waals surface area contributed by atoms with Gasteiger partial charge in [-0.15, -0.1) is 21.5 Å². The summed E-state index contributed by atoms with van der Waals surface area (Å²) in [5, 5.41) is 18.4. The topological polar surface area (TPSA) is 79.8 Å². The second-order valence-electron chi connectivity index (χ2n) is 7.31. The smallest absolute Gasteiger partial charge is 0.231 e. The zero-order chi connectivity index (χ0) is 22.5. The number of rotatable bonds is 8. The lowest BCUT2D eigenvalue weighted by Gasteiger charge is -2.08. The Morgan fingerprint density at radius 1 is 1.00 bits per heavy atom. The van der Waals surface area contributed by atoms with Gasteiger partial charge in [0.25, 0.3) is 0 Å². The minimum absolute atomic E-state index is 0.0564. The summed E-state index contributed by atoms with van der Waals surface area (Å²) >= 11 is 4.63. The van der Waals surface area contributed by atoms with E-state index in [4.69, 9.17) is 0 Å². The van der Waals surface area contributed by atoms with E-state index in [9.17, 15) is 4.79 Å². The molecule has 2 heterocycles. The molecular formula is C23H23N5OS3. The third-order valence-electron chi connectivity index (χ3n) is 4.93. The van der Waals surface area contributed by atoms with Crippen LogP contribution in [0.2, 0.25) is 0 Å². The van der Waals surface area contributed by atoms with Gasteiger partial charge in [0.05, 0.1) is 12.1 Å².